The van der Waals surface area contributed by atoms with Crippen LogP contribution in [0.5, 0.6) is 0 Å². The number of hydrogen-bond acceptors (Lipinski definition) is 2. The second-order valence-electron chi connectivity index (χ2n) is 3.29. The largest absolute Gasteiger partial charge is 0.384 e. The number of ether oxygens (including phenoxy) is 1. The quantitative estimate of drug-likeness (QED) is 0.447. The molecule has 0 amide bonds. The van der Waals surface area contributed by atoms with E-state index >= 15 is 0 Å². The predicted molar refractivity (Wildman–Crippen MR) is 54.3 cm³/mol. The van der Waals surface area contributed by atoms with Crippen LogP contribution in [-0.4, -0.2) is 13.7 Å². The van der Waals surface area contributed by atoms with E-state index in [-0.39, 0.29) is 5.92 Å². The van der Waals surface area contributed by atoms with Gasteiger partial charge in [-0.3, -0.25) is 0 Å². The number of nitrogens with zero attached hydrogens (tertiary/aromatic N) is 1. The molecule has 1 atom stereocenters. The maximum Gasteiger partial charge on any atom is 0.0944 e. The number of unbranched alkanes of at least 4 members (excludes halogenated alkanes) is 2. The summed E-state index contributed by atoms with van der Waals surface area (Å²) in [6.07, 6.45) is 4.61. The summed E-state index contributed by atoms with van der Waals surface area (Å²) < 4.78 is 5.05. The second kappa shape index (κ2) is 7.82. The van der Waals surface area contributed by atoms with E-state index in [1.54, 1.807) is 7.11 Å². The highest BCUT2D eigenvalue weighted by atomic mass is 16.5. The summed E-state index contributed by atoms with van der Waals surface area (Å²) in [6, 6.07) is 2.10. The third-order valence-corrected chi connectivity index (χ3v) is 2.16. The van der Waals surface area contributed by atoms with Crippen molar-refractivity contribution in [1.29, 1.82) is 5.26 Å². The molecule has 0 aliphatic heterocycles. The van der Waals surface area contributed by atoms with Crippen LogP contribution in [0.1, 0.15) is 32.6 Å². The topological polar surface area (TPSA) is 33.0 Å². The highest BCUT2D eigenvalue weighted by molar-refractivity contribution is 5.19. The summed E-state index contributed by atoms with van der Waals surface area (Å²) in [7, 11) is 1.66. The van der Waals surface area contributed by atoms with Gasteiger partial charge in [0.1, 0.15) is 0 Å². The third kappa shape index (κ3) is 5.43. The molecule has 0 heterocycles. The zero-order valence-corrected chi connectivity index (χ0v) is 8.68. The van der Waals surface area contributed by atoms with Gasteiger partial charge in [0.2, 0.25) is 0 Å². The van der Waals surface area contributed by atoms with Gasteiger partial charge in [0.25, 0.3) is 0 Å². The normalized spacial score (nSPS) is 12.1. The van der Waals surface area contributed by atoms with Gasteiger partial charge in [0.05, 0.1) is 12.7 Å². The zero-order chi connectivity index (χ0) is 10.1. The van der Waals surface area contributed by atoms with Crippen molar-refractivity contribution in [2.24, 2.45) is 5.92 Å². The molecular formula is C11H19NO. The van der Waals surface area contributed by atoms with Gasteiger partial charge in [-0.1, -0.05) is 32.8 Å². The fraction of sp³-hybridized carbons (Fsp3) is 0.727. The highest BCUT2D eigenvalue weighted by Crippen LogP contribution is 2.17. The summed E-state index contributed by atoms with van der Waals surface area (Å²) in [5.74, 6) is 0.224. The minimum Gasteiger partial charge on any atom is -0.384 e. The Bertz CT molecular complexity index is 181. The maximum atomic E-state index is 8.68. The molecule has 0 aromatic rings. The summed E-state index contributed by atoms with van der Waals surface area (Å²) in [5.41, 5.74) is 0.651. The molecule has 0 saturated carbocycles. The molecule has 0 fully saturated rings. The number of methoxy groups -OCH3 is 1. The van der Waals surface area contributed by atoms with Gasteiger partial charge >= 0.3 is 0 Å². The molecule has 0 rings (SSSR count). The van der Waals surface area contributed by atoms with Gasteiger partial charge in [0, 0.05) is 18.6 Å². The monoisotopic (exact) mass is 181 g/mol. The first-order valence-corrected chi connectivity index (χ1v) is 4.84. The maximum absolute atomic E-state index is 8.68. The van der Waals surface area contributed by atoms with Crippen LogP contribution in [0, 0.1) is 17.2 Å². The Morgan fingerprint density at radius 2 is 2.23 bits per heavy atom. The standard InChI is InChI=1S/C11H19NO/c1-4-5-6-7-11(9-13-3)10(2)8-12/h11H,2,4-7,9H2,1,3H3. The van der Waals surface area contributed by atoms with Crippen LogP contribution in [0.25, 0.3) is 0 Å². The summed E-state index contributed by atoms with van der Waals surface area (Å²) in [5, 5.41) is 8.68. The van der Waals surface area contributed by atoms with Crippen molar-refractivity contribution < 1.29 is 4.74 Å². The number of nitriles is 1. The lowest BCUT2D eigenvalue weighted by Crippen LogP contribution is -2.09. The average Bonchev–Trinajstić information content (AvgIpc) is 2.16. The summed E-state index contributed by atoms with van der Waals surface area (Å²) in [6.45, 7) is 6.52. The van der Waals surface area contributed by atoms with Crippen LogP contribution in [0.2, 0.25) is 0 Å². The van der Waals surface area contributed by atoms with Crippen LogP contribution in [0.3, 0.4) is 0 Å². The van der Waals surface area contributed by atoms with E-state index in [2.05, 4.69) is 19.6 Å². The molecule has 0 spiro atoms. The van der Waals surface area contributed by atoms with Crippen LogP contribution in [-0.2, 0) is 4.74 Å². The van der Waals surface area contributed by atoms with Crippen LogP contribution in [0.4, 0.5) is 0 Å². The highest BCUT2D eigenvalue weighted by Gasteiger charge is 2.11. The molecule has 13 heavy (non-hydrogen) atoms. The molecule has 0 radical (unpaired) electrons. The van der Waals surface area contributed by atoms with Crippen molar-refractivity contribution in [3.63, 3.8) is 0 Å². The van der Waals surface area contributed by atoms with Crippen molar-refractivity contribution >= 4 is 0 Å². The third-order valence-electron chi connectivity index (χ3n) is 2.16. The Morgan fingerprint density at radius 1 is 1.54 bits per heavy atom. The fourth-order valence-electron chi connectivity index (χ4n) is 1.29. The van der Waals surface area contributed by atoms with Crippen LogP contribution >= 0.6 is 0 Å². The Labute approximate surface area is 81.2 Å². The van der Waals surface area contributed by atoms with Crippen LogP contribution < -0.4 is 0 Å². The van der Waals surface area contributed by atoms with E-state index in [9.17, 15) is 0 Å². The summed E-state index contributed by atoms with van der Waals surface area (Å²) in [4.78, 5) is 0. The number of rotatable bonds is 7. The molecule has 0 aliphatic carbocycles. The Balaban J connectivity index is 3.81. The van der Waals surface area contributed by atoms with Crippen molar-refractivity contribution in [2.75, 3.05) is 13.7 Å². The Morgan fingerprint density at radius 3 is 2.69 bits per heavy atom. The molecule has 0 aromatic carbocycles. The Hall–Kier alpha value is -0.810. The SMILES string of the molecule is C=C(C#N)C(CCCCC)COC. The van der Waals surface area contributed by atoms with Crippen molar-refractivity contribution in [3.05, 3.63) is 12.2 Å². The van der Waals surface area contributed by atoms with Crippen molar-refractivity contribution in [3.8, 4) is 6.07 Å². The van der Waals surface area contributed by atoms with E-state index in [1.807, 2.05) is 0 Å². The first-order chi connectivity index (χ1) is 6.26. The number of hydrogen-bond donors (Lipinski definition) is 0. The van der Waals surface area contributed by atoms with Gasteiger partial charge in [-0.15, -0.1) is 0 Å². The smallest absolute Gasteiger partial charge is 0.0944 e. The average molecular weight is 181 g/mol. The van der Waals surface area contributed by atoms with Crippen molar-refractivity contribution in [2.45, 2.75) is 32.6 Å². The minimum absolute atomic E-state index is 0.224. The van der Waals surface area contributed by atoms with Gasteiger partial charge in [0.15, 0.2) is 0 Å². The molecule has 1 unspecified atom stereocenters. The molecule has 2 heteroatoms. The minimum atomic E-state index is 0.224. The first kappa shape index (κ1) is 12.2. The molecule has 74 valence electrons. The molecule has 0 N–H and O–H groups in total. The fourth-order valence-corrected chi connectivity index (χ4v) is 1.29. The predicted octanol–water partition coefficient (Wildman–Crippen LogP) is 2.91. The van der Waals surface area contributed by atoms with Gasteiger partial charge < -0.3 is 4.74 Å². The lowest BCUT2D eigenvalue weighted by molar-refractivity contribution is 0.162. The molecule has 0 bridgehead atoms. The van der Waals surface area contributed by atoms with E-state index < -0.39 is 0 Å². The van der Waals surface area contributed by atoms with E-state index in [0.717, 1.165) is 12.8 Å². The second-order valence-corrected chi connectivity index (χ2v) is 3.29. The van der Waals surface area contributed by atoms with Gasteiger partial charge in [-0.05, 0) is 6.42 Å². The van der Waals surface area contributed by atoms with E-state index in [4.69, 9.17) is 10.00 Å². The molecule has 0 aromatic heterocycles. The molecule has 2 nitrogen and oxygen atoms in total. The Kier molecular flexibility index (Phi) is 7.33. The van der Waals surface area contributed by atoms with Gasteiger partial charge in [-0.25, -0.2) is 0 Å². The van der Waals surface area contributed by atoms with E-state index in [1.165, 1.54) is 12.8 Å². The molecule has 0 saturated heterocycles. The molecule has 0 aliphatic rings. The lowest BCUT2D eigenvalue weighted by Gasteiger charge is -2.13. The first-order valence-electron chi connectivity index (χ1n) is 4.84. The molecular weight excluding hydrogens is 162 g/mol. The zero-order valence-electron chi connectivity index (χ0n) is 8.68. The van der Waals surface area contributed by atoms with Crippen molar-refractivity contribution in [1.82, 2.24) is 0 Å². The van der Waals surface area contributed by atoms with E-state index in [0.29, 0.717) is 12.2 Å². The van der Waals surface area contributed by atoms with Gasteiger partial charge in [-0.2, -0.15) is 5.26 Å². The summed E-state index contributed by atoms with van der Waals surface area (Å²) >= 11 is 0. The van der Waals surface area contributed by atoms with Crippen LogP contribution in [0.15, 0.2) is 12.2 Å². The lowest BCUT2D eigenvalue weighted by atomic mass is 9.96.